The lowest BCUT2D eigenvalue weighted by Crippen LogP contribution is -2.35. The van der Waals surface area contributed by atoms with Crippen molar-refractivity contribution in [2.45, 2.75) is 6.54 Å². The number of pyridine rings is 2. The van der Waals surface area contributed by atoms with Crippen molar-refractivity contribution in [3.8, 4) is 17.0 Å². The average molecular weight is 480 g/mol. The molecule has 5 rings (SSSR count). The molecule has 0 fully saturated rings. The van der Waals surface area contributed by atoms with Crippen molar-refractivity contribution >= 4 is 27.7 Å². The van der Waals surface area contributed by atoms with Gasteiger partial charge in [-0.3, -0.25) is 9.59 Å². The first kappa shape index (κ1) is 23.3. The summed E-state index contributed by atoms with van der Waals surface area (Å²) in [5.41, 5.74) is 3.54. The van der Waals surface area contributed by atoms with E-state index in [9.17, 15) is 14.7 Å². The van der Waals surface area contributed by atoms with Crippen LogP contribution in [0, 0.1) is 0 Å². The topological polar surface area (TPSA) is 95.5 Å². The lowest BCUT2D eigenvalue weighted by Gasteiger charge is -2.23. The molecule has 3 aromatic carbocycles. The molecule has 180 valence electrons. The van der Waals surface area contributed by atoms with Crippen molar-refractivity contribution in [3.63, 3.8) is 0 Å². The summed E-state index contributed by atoms with van der Waals surface area (Å²) in [6.07, 6.45) is 0. The predicted octanol–water partition coefficient (Wildman–Crippen LogP) is 4.39. The van der Waals surface area contributed by atoms with Gasteiger partial charge < -0.3 is 19.7 Å². The van der Waals surface area contributed by atoms with E-state index in [0.717, 1.165) is 10.9 Å². The number of carbonyl (C=O) groups excluding carboxylic acids is 1. The summed E-state index contributed by atoms with van der Waals surface area (Å²) < 4.78 is 5.30. The van der Waals surface area contributed by atoms with Crippen LogP contribution in [0.3, 0.4) is 0 Å². The van der Waals surface area contributed by atoms with Crippen molar-refractivity contribution in [2.75, 3.05) is 20.3 Å². The molecule has 0 aliphatic carbocycles. The Morgan fingerprint density at radius 3 is 2.56 bits per heavy atom. The third-order valence-electron chi connectivity index (χ3n) is 6.16. The van der Waals surface area contributed by atoms with Crippen LogP contribution in [0.15, 0.2) is 89.7 Å². The first-order valence-corrected chi connectivity index (χ1v) is 11.6. The third-order valence-corrected chi connectivity index (χ3v) is 6.16. The Kier molecular flexibility index (Phi) is 6.47. The summed E-state index contributed by atoms with van der Waals surface area (Å²) in [6, 6.07) is 26.1. The average Bonchev–Trinajstić information content (AvgIpc) is 2.92. The van der Waals surface area contributed by atoms with Crippen molar-refractivity contribution < 1.29 is 14.6 Å². The third kappa shape index (κ3) is 4.56. The van der Waals surface area contributed by atoms with E-state index in [1.165, 1.54) is 4.90 Å². The number of hydrogen-bond donors (Lipinski definition) is 2. The molecule has 0 unspecified atom stereocenters. The minimum absolute atomic E-state index is 0.0409. The number of aromatic amines is 1. The Hall–Kier alpha value is -4.49. The number of amides is 1. The van der Waals surface area contributed by atoms with Crippen molar-refractivity contribution in [1.29, 1.82) is 0 Å². The van der Waals surface area contributed by atoms with Gasteiger partial charge in [0.1, 0.15) is 5.75 Å². The zero-order chi connectivity index (χ0) is 25.1. The molecule has 0 bridgehead atoms. The summed E-state index contributed by atoms with van der Waals surface area (Å²) in [4.78, 5) is 35.8. The summed E-state index contributed by atoms with van der Waals surface area (Å²) in [5.74, 6) is 0.380. The van der Waals surface area contributed by atoms with Crippen LogP contribution in [0.25, 0.3) is 33.1 Å². The minimum Gasteiger partial charge on any atom is -0.497 e. The number of aromatic nitrogens is 2. The number of nitrogens with zero attached hydrogens (tertiary/aromatic N) is 2. The van der Waals surface area contributed by atoms with Crippen LogP contribution in [0.5, 0.6) is 5.75 Å². The zero-order valence-corrected chi connectivity index (χ0v) is 19.8. The van der Waals surface area contributed by atoms with Gasteiger partial charge in [0.25, 0.3) is 11.5 Å². The summed E-state index contributed by atoms with van der Waals surface area (Å²) in [7, 11) is 1.58. The van der Waals surface area contributed by atoms with Crippen LogP contribution < -0.4 is 10.3 Å². The van der Waals surface area contributed by atoms with Crippen LogP contribution in [0.2, 0.25) is 0 Å². The first-order valence-electron chi connectivity index (χ1n) is 11.6. The fourth-order valence-corrected chi connectivity index (χ4v) is 4.33. The number of fused-ring (bicyclic) bond motifs is 2. The van der Waals surface area contributed by atoms with E-state index in [4.69, 9.17) is 9.72 Å². The molecule has 0 saturated carbocycles. The molecular weight excluding hydrogens is 454 g/mol. The smallest absolute Gasteiger partial charge is 0.255 e. The Morgan fingerprint density at radius 1 is 1.00 bits per heavy atom. The van der Waals surface area contributed by atoms with Crippen LogP contribution in [-0.2, 0) is 6.54 Å². The Labute approximate surface area is 207 Å². The van der Waals surface area contributed by atoms with Gasteiger partial charge in [0.15, 0.2) is 0 Å². The number of nitrogens with one attached hydrogen (secondary N) is 1. The van der Waals surface area contributed by atoms with E-state index >= 15 is 0 Å². The fraction of sp³-hybridized carbons (Fsp3) is 0.138. The van der Waals surface area contributed by atoms with E-state index in [0.29, 0.717) is 39.0 Å². The van der Waals surface area contributed by atoms with Crippen LogP contribution >= 0.6 is 0 Å². The lowest BCUT2D eigenvalue weighted by atomic mass is 10.0. The number of hydrogen-bond acceptors (Lipinski definition) is 5. The molecule has 0 spiro atoms. The minimum atomic E-state index is -0.287. The van der Waals surface area contributed by atoms with Gasteiger partial charge in [-0.05, 0) is 36.4 Å². The molecule has 0 radical (unpaired) electrons. The second-order valence-electron chi connectivity index (χ2n) is 8.47. The number of rotatable bonds is 7. The molecule has 2 aromatic heterocycles. The summed E-state index contributed by atoms with van der Waals surface area (Å²) in [5, 5.41) is 11.3. The molecule has 0 saturated heterocycles. The second-order valence-corrected chi connectivity index (χ2v) is 8.47. The molecule has 7 heteroatoms. The monoisotopic (exact) mass is 479 g/mol. The van der Waals surface area contributed by atoms with Gasteiger partial charge >= 0.3 is 0 Å². The number of carbonyl (C=O) groups is 1. The van der Waals surface area contributed by atoms with E-state index < -0.39 is 0 Å². The summed E-state index contributed by atoms with van der Waals surface area (Å²) >= 11 is 0. The lowest BCUT2D eigenvalue weighted by molar-refractivity contribution is 0.0709. The number of benzene rings is 3. The van der Waals surface area contributed by atoms with E-state index in [1.807, 2.05) is 60.7 Å². The number of methoxy groups -OCH3 is 1. The molecule has 36 heavy (non-hydrogen) atoms. The second kappa shape index (κ2) is 10.0. The molecule has 5 aromatic rings. The Bertz CT molecular complexity index is 1610. The molecule has 0 atom stereocenters. The largest absolute Gasteiger partial charge is 0.497 e. The Morgan fingerprint density at radius 2 is 1.78 bits per heavy atom. The predicted molar refractivity (Wildman–Crippen MR) is 140 cm³/mol. The molecule has 7 nitrogen and oxygen atoms in total. The zero-order valence-electron chi connectivity index (χ0n) is 19.8. The number of aliphatic hydroxyl groups is 1. The maximum atomic E-state index is 13.9. The molecular formula is C29H25N3O4. The van der Waals surface area contributed by atoms with Gasteiger partial charge in [-0.25, -0.2) is 4.98 Å². The van der Waals surface area contributed by atoms with Crippen molar-refractivity contribution in [1.82, 2.24) is 14.9 Å². The highest BCUT2D eigenvalue weighted by Crippen LogP contribution is 2.26. The Balaban J connectivity index is 1.57. The molecule has 2 heterocycles. The molecule has 1 amide bonds. The van der Waals surface area contributed by atoms with Crippen LogP contribution in [0.4, 0.5) is 0 Å². The van der Waals surface area contributed by atoms with E-state index in [-0.39, 0.29) is 31.2 Å². The highest BCUT2D eigenvalue weighted by Gasteiger charge is 2.21. The maximum absolute atomic E-state index is 13.9. The molecule has 0 aliphatic heterocycles. The van der Waals surface area contributed by atoms with Crippen molar-refractivity contribution in [3.05, 3.63) is 106 Å². The maximum Gasteiger partial charge on any atom is 0.255 e. The highest BCUT2D eigenvalue weighted by molar-refractivity contribution is 6.07. The first-order chi connectivity index (χ1) is 17.6. The number of H-pyrrole nitrogens is 1. The quantitative estimate of drug-likeness (QED) is 0.361. The van der Waals surface area contributed by atoms with E-state index in [2.05, 4.69) is 4.98 Å². The van der Waals surface area contributed by atoms with Crippen LogP contribution in [0.1, 0.15) is 15.9 Å². The molecule has 2 N–H and O–H groups in total. The standard InChI is InChI=1S/C29H25N3O4/c1-36-22-11-12-25-20(16-22)15-21(28(34)31-25)18-32(13-14-33)29(35)24-17-27(19-7-3-2-4-8-19)30-26-10-6-5-9-23(24)26/h2-12,15-17,33H,13-14,18H2,1H3,(H,31,34). The van der Waals surface area contributed by atoms with E-state index in [1.54, 1.807) is 31.4 Å². The van der Waals surface area contributed by atoms with Crippen molar-refractivity contribution in [2.24, 2.45) is 0 Å². The van der Waals surface area contributed by atoms with Gasteiger partial charge in [0.05, 0.1) is 37.0 Å². The number of para-hydroxylation sites is 1. The van der Waals surface area contributed by atoms with Gasteiger partial charge in [0, 0.05) is 34.0 Å². The van der Waals surface area contributed by atoms with Gasteiger partial charge in [-0.2, -0.15) is 0 Å². The van der Waals surface area contributed by atoms with Crippen LogP contribution in [-0.4, -0.2) is 46.1 Å². The summed E-state index contributed by atoms with van der Waals surface area (Å²) in [6.45, 7) is -0.120. The highest BCUT2D eigenvalue weighted by atomic mass is 16.5. The fourth-order valence-electron chi connectivity index (χ4n) is 4.33. The van der Waals surface area contributed by atoms with Gasteiger partial charge in [-0.15, -0.1) is 0 Å². The number of aliphatic hydroxyl groups excluding tert-OH is 1. The molecule has 0 aliphatic rings. The van der Waals surface area contributed by atoms with Gasteiger partial charge in [-0.1, -0.05) is 48.5 Å². The SMILES string of the molecule is COc1ccc2[nH]c(=O)c(CN(CCO)C(=O)c3cc(-c4ccccc4)nc4ccccc34)cc2c1. The number of ether oxygens (including phenoxy) is 1. The normalized spacial score (nSPS) is 11.1. The van der Waals surface area contributed by atoms with Gasteiger partial charge in [0.2, 0.25) is 0 Å².